The smallest absolute Gasteiger partial charge is 0.257 e. The molecule has 2 aromatic heterocycles. The van der Waals surface area contributed by atoms with Crippen LogP contribution in [0.25, 0.3) is 0 Å². The largest absolute Gasteiger partial charge is 0.505 e. The van der Waals surface area contributed by atoms with Crippen molar-refractivity contribution in [1.82, 2.24) is 18.6 Å². The third-order valence-corrected chi connectivity index (χ3v) is 7.36. The second-order valence-electron chi connectivity index (χ2n) is 10.6. The van der Waals surface area contributed by atoms with Crippen LogP contribution in [0, 0.1) is 5.41 Å². The highest BCUT2D eigenvalue weighted by atomic mass is 32.1. The summed E-state index contributed by atoms with van der Waals surface area (Å²) in [5, 5.41) is 17.8. The van der Waals surface area contributed by atoms with Crippen molar-refractivity contribution < 1.29 is 9.90 Å². The van der Waals surface area contributed by atoms with Crippen molar-refractivity contribution in [2.24, 2.45) is 5.41 Å². The first kappa shape index (κ1) is 26.4. The van der Waals surface area contributed by atoms with Gasteiger partial charge in [-0.3, -0.25) is 4.79 Å². The van der Waals surface area contributed by atoms with Crippen LogP contribution in [0.5, 0.6) is 5.75 Å². The molecule has 3 N–H and O–H groups in total. The normalized spacial score (nSPS) is 14.6. The molecule has 0 unspecified atom stereocenters. The monoisotopic (exact) mass is 543 g/mol. The SMILES string of the molecule is CC(C)(C)[C@@H](Nc1nsnc1Nc1cccc(C(=O)N2CCN(c3ccccn3)CC2)c1O)c1ccccc1. The Morgan fingerprint density at radius 1 is 0.923 bits per heavy atom. The number of nitrogens with one attached hydrogen (secondary N) is 2. The molecule has 0 bridgehead atoms. The predicted molar refractivity (Wildman–Crippen MR) is 156 cm³/mol. The lowest BCUT2D eigenvalue weighted by molar-refractivity contribution is 0.0743. The second kappa shape index (κ2) is 11.3. The Labute approximate surface area is 232 Å². The molecule has 1 atom stereocenters. The lowest BCUT2D eigenvalue weighted by Crippen LogP contribution is -2.49. The quantitative estimate of drug-likeness (QED) is 0.261. The summed E-state index contributed by atoms with van der Waals surface area (Å²) in [5.41, 5.74) is 1.69. The number of carbonyl (C=O) groups excluding carboxylic acids is 1. The van der Waals surface area contributed by atoms with Crippen LogP contribution >= 0.6 is 11.7 Å². The first-order valence-electron chi connectivity index (χ1n) is 13.0. The number of piperazine rings is 1. The van der Waals surface area contributed by atoms with Gasteiger partial charge in [0, 0.05) is 32.4 Å². The summed E-state index contributed by atoms with van der Waals surface area (Å²) in [5.74, 6) is 1.67. The fourth-order valence-corrected chi connectivity index (χ4v) is 5.22. The number of aromatic nitrogens is 3. The number of para-hydroxylation sites is 1. The topological polar surface area (TPSA) is 107 Å². The molecular weight excluding hydrogens is 510 g/mol. The maximum Gasteiger partial charge on any atom is 0.257 e. The van der Waals surface area contributed by atoms with E-state index in [1.807, 2.05) is 36.4 Å². The number of amides is 1. The molecular formula is C29H33N7O2S. The first-order chi connectivity index (χ1) is 18.8. The molecule has 1 saturated heterocycles. The minimum Gasteiger partial charge on any atom is -0.505 e. The van der Waals surface area contributed by atoms with Crippen LogP contribution in [0.1, 0.15) is 42.7 Å². The van der Waals surface area contributed by atoms with Gasteiger partial charge in [-0.2, -0.15) is 8.75 Å². The summed E-state index contributed by atoms with van der Waals surface area (Å²) in [7, 11) is 0. The molecule has 39 heavy (non-hydrogen) atoms. The van der Waals surface area contributed by atoms with Crippen molar-refractivity contribution in [2.75, 3.05) is 41.7 Å². The van der Waals surface area contributed by atoms with Gasteiger partial charge in [-0.05, 0) is 35.2 Å². The minimum atomic E-state index is -0.205. The number of hydrogen-bond acceptors (Lipinski definition) is 9. The maximum atomic E-state index is 13.4. The number of rotatable bonds is 7. The number of phenolic OH excluding ortho intramolecular Hbond substituents is 1. The third kappa shape index (κ3) is 5.96. The predicted octanol–water partition coefficient (Wildman–Crippen LogP) is 5.54. The molecule has 10 heteroatoms. The van der Waals surface area contributed by atoms with E-state index in [0.717, 1.165) is 23.1 Å². The number of pyridine rings is 1. The molecule has 202 valence electrons. The van der Waals surface area contributed by atoms with Crippen molar-refractivity contribution in [2.45, 2.75) is 26.8 Å². The van der Waals surface area contributed by atoms with Crippen LogP contribution in [0.3, 0.4) is 0 Å². The molecule has 0 radical (unpaired) electrons. The molecule has 3 heterocycles. The summed E-state index contributed by atoms with van der Waals surface area (Å²) >= 11 is 1.08. The van der Waals surface area contributed by atoms with E-state index in [-0.39, 0.29) is 28.7 Å². The Kier molecular flexibility index (Phi) is 7.65. The lowest BCUT2D eigenvalue weighted by Gasteiger charge is -2.35. The van der Waals surface area contributed by atoms with Gasteiger partial charge in [0.1, 0.15) is 5.82 Å². The minimum absolute atomic E-state index is 0.0191. The van der Waals surface area contributed by atoms with Gasteiger partial charge in [-0.15, -0.1) is 0 Å². The van der Waals surface area contributed by atoms with E-state index in [0.29, 0.717) is 43.5 Å². The van der Waals surface area contributed by atoms with Gasteiger partial charge in [0.25, 0.3) is 5.91 Å². The molecule has 2 aromatic carbocycles. The van der Waals surface area contributed by atoms with Crippen LogP contribution in [-0.4, -0.2) is 55.8 Å². The lowest BCUT2D eigenvalue weighted by atomic mass is 9.82. The molecule has 1 aliphatic rings. The molecule has 1 aliphatic heterocycles. The van der Waals surface area contributed by atoms with E-state index in [4.69, 9.17) is 0 Å². The van der Waals surface area contributed by atoms with Crippen LogP contribution in [0.15, 0.2) is 72.9 Å². The summed E-state index contributed by atoms with van der Waals surface area (Å²) in [6.07, 6.45) is 1.77. The molecule has 1 amide bonds. The average Bonchev–Trinajstić information content (AvgIpc) is 3.39. The van der Waals surface area contributed by atoms with Crippen LogP contribution in [-0.2, 0) is 0 Å². The Bertz CT molecular complexity index is 1400. The van der Waals surface area contributed by atoms with Crippen LogP contribution in [0.2, 0.25) is 0 Å². The van der Waals surface area contributed by atoms with Gasteiger partial charge < -0.3 is 25.5 Å². The van der Waals surface area contributed by atoms with E-state index < -0.39 is 0 Å². The van der Waals surface area contributed by atoms with Gasteiger partial charge in [0.15, 0.2) is 17.4 Å². The van der Waals surface area contributed by atoms with E-state index in [1.165, 1.54) is 0 Å². The van der Waals surface area contributed by atoms with Gasteiger partial charge in [0.2, 0.25) is 0 Å². The zero-order valence-corrected chi connectivity index (χ0v) is 23.2. The Morgan fingerprint density at radius 2 is 1.64 bits per heavy atom. The Hall–Kier alpha value is -4.18. The summed E-state index contributed by atoms with van der Waals surface area (Å²) < 4.78 is 8.90. The Morgan fingerprint density at radius 3 is 2.33 bits per heavy atom. The summed E-state index contributed by atoms with van der Waals surface area (Å²) in [6, 6.07) is 21.2. The third-order valence-electron chi connectivity index (χ3n) is 6.83. The van der Waals surface area contributed by atoms with Crippen LogP contribution < -0.4 is 15.5 Å². The Balaban J connectivity index is 1.30. The van der Waals surface area contributed by atoms with E-state index in [1.54, 1.807) is 29.3 Å². The fraction of sp³-hybridized carbons (Fsp3) is 0.310. The highest BCUT2D eigenvalue weighted by molar-refractivity contribution is 6.99. The van der Waals surface area contributed by atoms with Gasteiger partial charge in [-0.25, -0.2) is 4.98 Å². The second-order valence-corrected chi connectivity index (χ2v) is 11.1. The van der Waals surface area contributed by atoms with Crippen molar-refractivity contribution in [1.29, 1.82) is 0 Å². The zero-order chi connectivity index (χ0) is 27.4. The number of phenols is 1. The molecule has 1 fully saturated rings. The fourth-order valence-electron chi connectivity index (χ4n) is 4.74. The molecule has 5 rings (SSSR count). The summed E-state index contributed by atoms with van der Waals surface area (Å²) in [6.45, 7) is 8.95. The number of aromatic hydroxyl groups is 1. The van der Waals surface area contributed by atoms with Crippen molar-refractivity contribution in [3.8, 4) is 5.75 Å². The summed E-state index contributed by atoms with van der Waals surface area (Å²) in [4.78, 5) is 21.7. The van der Waals surface area contributed by atoms with Crippen molar-refractivity contribution >= 4 is 40.8 Å². The molecule has 4 aromatic rings. The maximum absolute atomic E-state index is 13.4. The number of nitrogens with zero attached hydrogens (tertiary/aromatic N) is 5. The molecule has 0 saturated carbocycles. The van der Waals surface area contributed by atoms with E-state index in [9.17, 15) is 9.90 Å². The van der Waals surface area contributed by atoms with Crippen molar-refractivity contribution in [3.05, 3.63) is 84.1 Å². The first-order valence-corrected chi connectivity index (χ1v) is 13.7. The van der Waals surface area contributed by atoms with Crippen LogP contribution in [0.4, 0.5) is 23.1 Å². The van der Waals surface area contributed by atoms with Gasteiger partial charge >= 0.3 is 0 Å². The molecule has 0 spiro atoms. The molecule has 9 nitrogen and oxygen atoms in total. The van der Waals surface area contributed by atoms with Gasteiger partial charge in [-0.1, -0.05) is 63.2 Å². The number of hydrogen-bond donors (Lipinski definition) is 3. The number of benzene rings is 2. The van der Waals surface area contributed by atoms with E-state index in [2.05, 4.69) is 62.2 Å². The standard InChI is InChI=1S/C29H33N7O2S/c1-29(2,3)25(20-10-5-4-6-11-20)32-27-26(33-39-34-27)31-22-13-9-12-21(24(22)37)28(38)36-18-16-35(17-19-36)23-14-7-8-15-30-23/h4-15,25,37H,16-19H2,1-3H3,(H,31,33)(H,32,34)/t25-/m0/s1. The highest BCUT2D eigenvalue weighted by Gasteiger charge is 2.29. The molecule has 0 aliphatic carbocycles. The highest BCUT2D eigenvalue weighted by Crippen LogP contribution is 2.38. The number of anilines is 4. The number of carbonyl (C=O) groups is 1. The van der Waals surface area contributed by atoms with Crippen molar-refractivity contribution in [3.63, 3.8) is 0 Å². The van der Waals surface area contributed by atoms with Gasteiger partial charge in [0.05, 0.1) is 29.0 Å². The zero-order valence-electron chi connectivity index (χ0n) is 22.3. The average molecular weight is 544 g/mol. The van der Waals surface area contributed by atoms with E-state index >= 15 is 0 Å².